The number of halogens is 3. The number of anilines is 3. The number of nitrogens with zero attached hydrogens (tertiary/aromatic N) is 6. The van der Waals surface area contributed by atoms with Crippen LogP contribution in [0.25, 0.3) is 20.9 Å². The number of piperazine rings is 1. The van der Waals surface area contributed by atoms with Gasteiger partial charge in [-0.1, -0.05) is 6.07 Å². The van der Waals surface area contributed by atoms with Gasteiger partial charge in [0.15, 0.2) is 0 Å². The van der Waals surface area contributed by atoms with E-state index in [4.69, 9.17) is 4.98 Å². The fourth-order valence-corrected chi connectivity index (χ4v) is 5.67. The average Bonchev–Trinajstić information content (AvgIpc) is 3.52. The number of likely N-dealkylation sites (N-methyl/N-ethyl adjacent to an activating group) is 1. The number of likely N-dealkylation sites (tertiary alicyclic amines) is 1. The van der Waals surface area contributed by atoms with Crippen molar-refractivity contribution in [3.63, 3.8) is 0 Å². The molecular weight excluding hydrogens is 463 g/mol. The molecule has 2 atom stereocenters. The summed E-state index contributed by atoms with van der Waals surface area (Å²) in [5.41, 5.74) is -0.429. The smallest absolute Gasteiger partial charge is 0.351 e. The molecule has 2 aliphatic heterocycles. The fraction of sp³-hybridized carbons (Fsp3) is 0.304. The molecule has 174 valence electrons. The second-order valence-corrected chi connectivity index (χ2v) is 9.63. The number of hydrogen-bond acceptors (Lipinski definition) is 8. The quantitative estimate of drug-likeness (QED) is 0.447. The van der Waals surface area contributed by atoms with Crippen molar-refractivity contribution < 1.29 is 13.2 Å². The van der Waals surface area contributed by atoms with E-state index in [1.54, 1.807) is 12.3 Å². The molecule has 7 nitrogen and oxygen atoms in total. The summed E-state index contributed by atoms with van der Waals surface area (Å²) in [7, 11) is 2.16. The van der Waals surface area contributed by atoms with Gasteiger partial charge in [-0.15, -0.1) is 11.3 Å². The van der Waals surface area contributed by atoms with Gasteiger partial charge in [0.25, 0.3) is 0 Å². The van der Waals surface area contributed by atoms with E-state index < -0.39 is 11.7 Å². The summed E-state index contributed by atoms with van der Waals surface area (Å²) in [5.74, 6) is 2.10. The maximum absolute atomic E-state index is 13.4. The molecule has 2 aliphatic rings. The van der Waals surface area contributed by atoms with Crippen LogP contribution in [0.5, 0.6) is 0 Å². The molecule has 0 saturated carbocycles. The molecule has 6 heterocycles. The second kappa shape index (κ2) is 7.88. The van der Waals surface area contributed by atoms with Crippen molar-refractivity contribution in [2.75, 3.05) is 30.4 Å². The molecule has 0 radical (unpaired) electrons. The molecule has 0 aliphatic carbocycles. The van der Waals surface area contributed by atoms with Gasteiger partial charge in [-0.2, -0.15) is 13.2 Å². The molecule has 2 saturated heterocycles. The third-order valence-electron chi connectivity index (χ3n) is 6.39. The van der Waals surface area contributed by atoms with Gasteiger partial charge >= 0.3 is 6.18 Å². The Bertz CT molecular complexity index is 1370. The number of aromatic nitrogens is 4. The molecule has 0 aromatic carbocycles. The molecule has 1 N–H and O–H groups in total. The van der Waals surface area contributed by atoms with Crippen LogP contribution in [0, 0.1) is 0 Å². The molecule has 0 unspecified atom stereocenters. The zero-order valence-corrected chi connectivity index (χ0v) is 18.9. The van der Waals surface area contributed by atoms with Crippen molar-refractivity contribution in [2.24, 2.45) is 0 Å². The maximum Gasteiger partial charge on any atom is 0.418 e. The third kappa shape index (κ3) is 3.74. The number of nitrogens with one attached hydrogen (secondary N) is 1. The van der Waals surface area contributed by atoms with Crippen molar-refractivity contribution in [1.29, 1.82) is 0 Å². The highest BCUT2D eigenvalue weighted by atomic mass is 32.1. The zero-order chi connectivity index (χ0) is 23.4. The minimum atomic E-state index is -4.51. The van der Waals surface area contributed by atoms with Crippen LogP contribution in [0.2, 0.25) is 0 Å². The first-order chi connectivity index (χ1) is 16.3. The standard InChI is InChI=1S/C23H20F3N7S/c1-32-11-14-8-13(32)12-33(14)20-6-2-5-18(31-20)30-19-9-16-17(10-28-19)34-22(29-16)21-15(23(24,25)26)4-3-7-27-21/h2-7,9-10,13-14H,8,11-12H2,1H3,(H,28,30,31)/t13-,14-/m0/s1. The number of hydrogen-bond donors (Lipinski definition) is 1. The third-order valence-corrected chi connectivity index (χ3v) is 7.40. The topological polar surface area (TPSA) is 70.1 Å². The van der Waals surface area contributed by atoms with E-state index in [1.807, 2.05) is 18.2 Å². The summed E-state index contributed by atoms with van der Waals surface area (Å²) in [5, 5.41) is 3.41. The van der Waals surface area contributed by atoms with Gasteiger partial charge in [0.05, 0.1) is 15.8 Å². The summed E-state index contributed by atoms with van der Waals surface area (Å²) in [6.07, 6.45) is -0.404. The minimum Gasteiger partial charge on any atom is -0.351 e. The number of rotatable bonds is 4. The number of alkyl halides is 3. The van der Waals surface area contributed by atoms with Gasteiger partial charge in [-0.05, 0) is 37.7 Å². The molecule has 4 aromatic heterocycles. The lowest BCUT2D eigenvalue weighted by atomic mass is 10.2. The van der Waals surface area contributed by atoms with E-state index >= 15 is 0 Å². The monoisotopic (exact) mass is 483 g/mol. The maximum atomic E-state index is 13.4. The molecule has 4 aromatic rings. The van der Waals surface area contributed by atoms with Crippen LogP contribution in [0.3, 0.4) is 0 Å². The van der Waals surface area contributed by atoms with Gasteiger partial charge in [0.1, 0.15) is 28.2 Å². The summed E-state index contributed by atoms with van der Waals surface area (Å²) in [6, 6.07) is 10.9. The Balaban J connectivity index is 1.26. The first-order valence-electron chi connectivity index (χ1n) is 10.9. The first kappa shape index (κ1) is 21.2. The van der Waals surface area contributed by atoms with E-state index in [2.05, 4.69) is 37.1 Å². The lowest BCUT2D eigenvalue weighted by Crippen LogP contribution is -2.44. The van der Waals surface area contributed by atoms with Crippen molar-refractivity contribution in [3.8, 4) is 10.7 Å². The Morgan fingerprint density at radius 2 is 1.91 bits per heavy atom. The van der Waals surface area contributed by atoms with E-state index in [1.165, 1.54) is 12.3 Å². The predicted molar refractivity (Wildman–Crippen MR) is 125 cm³/mol. The summed E-state index contributed by atoms with van der Waals surface area (Å²) >= 11 is 1.13. The van der Waals surface area contributed by atoms with Gasteiger partial charge in [-0.25, -0.2) is 15.0 Å². The first-order valence-corrected chi connectivity index (χ1v) is 11.7. The van der Waals surface area contributed by atoms with Crippen molar-refractivity contribution in [2.45, 2.75) is 24.7 Å². The molecule has 0 spiro atoms. The van der Waals surface area contributed by atoms with Crippen LogP contribution in [-0.2, 0) is 6.18 Å². The minimum absolute atomic E-state index is 0.175. The number of thiazole rings is 1. The number of fused-ring (bicyclic) bond motifs is 3. The summed E-state index contributed by atoms with van der Waals surface area (Å²) in [6.45, 7) is 2.01. The van der Waals surface area contributed by atoms with E-state index in [9.17, 15) is 13.2 Å². The van der Waals surface area contributed by atoms with E-state index in [0.717, 1.165) is 42.7 Å². The Morgan fingerprint density at radius 3 is 2.68 bits per heavy atom. The van der Waals surface area contributed by atoms with E-state index in [-0.39, 0.29) is 10.7 Å². The molecular formula is C23H20F3N7S. The highest BCUT2D eigenvalue weighted by Gasteiger charge is 2.42. The Hall–Kier alpha value is -3.31. The lowest BCUT2D eigenvalue weighted by molar-refractivity contribution is -0.137. The molecule has 34 heavy (non-hydrogen) atoms. The van der Waals surface area contributed by atoms with Crippen LogP contribution in [0.4, 0.5) is 30.6 Å². The average molecular weight is 484 g/mol. The highest BCUT2D eigenvalue weighted by Crippen LogP contribution is 2.39. The normalized spacial score (nSPS) is 20.4. The van der Waals surface area contributed by atoms with Gasteiger partial charge < -0.3 is 10.2 Å². The Kier molecular flexibility index (Phi) is 4.92. The SMILES string of the molecule is CN1C[C@@H]2C[C@H]1CN2c1cccc(Nc2cc3nc(-c4ncccc4C(F)(F)F)sc3cn2)n1. The van der Waals surface area contributed by atoms with Crippen molar-refractivity contribution >= 4 is 39.0 Å². The molecule has 0 amide bonds. The molecule has 2 fully saturated rings. The van der Waals surface area contributed by atoms with Crippen molar-refractivity contribution in [1.82, 2.24) is 24.8 Å². The summed E-state index contributed by atoms with van der Waals surface area (Å²) < 4.78 is 40.9. The Labute approximate surface area is 197 Å². The van der Waals surface area contributed by atoms with E-state index in [0.29, 0.717) is 33.9 Å². The summed E-state index contributed by atoms with van der Waals surface area (Å²) in [4.78, 5) is 22.3. The number of pyridine rings is 3. The van der Waals surface area contributed by atoms with Gasteiger partial charge in [0.2, 0.25) is 0 Å². The molecule has 6 rings (SSSR count). The molecule has 11 heteroatoms. The lowest BCUT2D eigenvalue weighted by Gasteiger charge is -2.32. The van der Waals surface area contributed by atoms with Crippen LogP contribution >= 0.6 is 11.3 Å². The predicted octanol–water partition coefficient (Wildman–Crippen LogP) is 4.80. The van der Waals surface area contributed by atoms with Gasteiger partial charge in [-0.3, -0.25) is 9.88 Å². The largest absolute Gasteiger partial charge is 0.418 e. The zero-order valence-electron chi connectivity index (χ0n) is 18.1. The van der Waals surface area contributed by atoms with Crippen LogP contribution < -0.4 is 10.2 Å². The van der Waals surface area contributed by atoms with Crippen LogP contribution in [-0.4, -0.2) is 57.1 Å². The fourth-order valence-electron chi connectivity index (χ4n) is 4.74. The highest BCUT2D eigenvalue weighted by molar-refractivity contribution is 7.21. The molecule has 2 bridgehead atoms. The van der Waals surface area contributed by atoms with Gasteiger partial charge in [0, 0.05) is 43.6 Å². The van der Waals surface area contributed by atoms with Crippen LogP contribution in [0.15, 0.2) is 48.8 Å². The van der Waals surface area contributed by atoms with Crippen molar-refractivity contribution in [3.05, 3.63) is 54.4 Å². The second-order valence-electron chi connectivity index (χ2n) is 8.59. The Morgan fingerprint density at radius 1 is 1.03 bits per heavy atom. The van der Waals surface area contributed by atoms with Crippen LogP contribution in [0.1, 0.15) is 12.0 Å².